The van der Waals surface area contributed by atoms with E-state index in [0.717, 1.165) is 36.2 Å². The number of rotatable bonds is 4. The van der Waals surface area contributed by atoms with E-state index in [9.17, 15) is 26.7 Å². The lowest BCUT2D eigenvalue weighted by atomic mass is 9.96. The molecule has 28 heavy (non-hydrogen) atoms. The lowest BCUT2D eigenvalue weighted by molar-refractivity contribution is -0.258. The Kier molecular flexibility index (Phi) is 5.53. The standard InChI is InChI=1S/C19H21F3N2O3S/c1-18(25,19(20,21)22)15-7-9-16(10-8-15)28(26,27)24-12-3-2-6-17(24)14-5-4-11-23-13-14/h4-5,7-11,13,17,25H,2-3,6,12H2,1H3/t17-,18?/m0/s1. The molecule has 152 valence electrons. The molecule has 1 N–H and O–H groups in total. The van der Waals surface area contributed by atoms with Crippen LogP contribution in [0.1, 0.15) is 43.4 Å². The normalized spacial score (nSPS) is 21.2. The highest BCUT2D eigenvalue weighted by atomic mass is 32.2. The minimum Gasteiger partial charge on any atom is -0.376 e. The van der Waals surface area contributed by atoms with Crippen molar-refractivity contribution in [2.45, 2.75) is 48.9 Å². The molecule has 3 rings (SSSR count). The fraction of sp³-hybridized carbons (Fsp3) is 0.421. The smallest absolute Gasteiger partial charge is 0.376 e. The predicted molar refractivity (Wildman–Crippen MR) is 96.8 cm³/mol. The first kappa shape index (κ1) is 20.8. The van der Waals surface area contributed by atoms with Crippen LogP contribution in [0.4, 0.5) is 13.2 Å². The third kappa shape index (κ3) is 3.78. The number of alkyl halides is 3. The molecule has 1 aromatic heterocycles. The zero-order chi connectivity index (χ0) is 20.6. The van der Waals surface area contributed by atoms with Gasteiger partial charge in [0.05, 0.1) is 10.9 Å². The summed E-state index contributed by atoms with van der Waals surface area (Å²) in [5.74, 6) is 0. The number of halogens is 3. The Morgan fingerprint density at radius 1 is 1.14 bits per heavy atom. The largest absolute Gasteiger partial charge is 0.421 e. The van der Waals surface area contributed by atoms with E-state index in [0.29, 0.717) is 26.3 Å². The van der Waals surface area contributed by atoms with E-state index < -0.39 is 27.4 Å². The van der Waals surface area contributed by atoms with Crippen molar-refractivity contribution in [3.05, 3.63) is 59.9 Å². The highest BCUT2D eigenvalue weighted by Gasteiger charge is 2.51. The number of hydrogen-bond acceptors (Lipinski definition) is 4. The van der Waals surface area contributed by atoms with Crippen LogP contribution in [0.25, 0.3) is 0 Å². The molecule has 1 aliphatic rings. The van der Waals surface area contributed by atoms with Gasteiger partial charge in [0, 0.05) is 18.9 Å². The van der Waals surface area contributed by atoms with Crippen LogP contribution in [0.15, 0.2) is 53.7 Å². The molecule has 0 radical (unpaired) electrons. The van der Waals surface area contributed by atoms with E-state index in [-0.39, 0.29) is 10.9 Å². The Balaban J connectivity index is 1.93. The molecule has 5 nitrogen and oxygen atoms in total. The Morgan fingerprint density at radius 3 is 2.39 bits per heavy atom. The topological polar surface area (TPSA) is 70.5 Å². The number of sulfonamides is 1. The maximum Gasteiger partial charge on any atom is 0.421 e. The van der Waals surface area contributed by atoms with E-state index in [4.69, 9.17) is 0 Å². The minimum atomic E-state index is -4.87. The third-order valence-corrected chi connectivity index (χ3v) is 7.02. The third-order valence-electron chi connectivity index (χ3n) is 5.10. The summed E-state index contributed by atoms with van der Waals surface area (Å²) in [4.78, 5) is 3.95. The summed E-state index contributed by atoms with van der Waals surface area (Å²) in [7, 11) is -3.91. The van der Waals surface area contributed by atoms with Gasteiger partial charge in [-0.25, -0.2) is 8.42 Å². The fourth-order valence-electron chi connectivity index (χ4n) is 3.35. The molecule has 2 atom stereocenters. The van der Waals surface area contributed by atoms with Crippen molar-refractivity contribution in [2.24, 2.45) is 0 Å². The fourth-order valence-corrected chi connectivity index (χ4v) is 5.03. The SMILES string of the molecule is CC(O)(c1ccc(S(=O)(=O)N2CCCC[C@H]2c2cccnc2)cc1)C(F)(F)F. The minimum absolute atomic E-state index is 0.106. The summed E-state index contributed by atoms with van der Waals surface area (Å²) in [5.41, 5.74) is -2.69. The van der Waals surface area contributed by atoms with Gasteiger partial charge in [0.1, 0.15) is 0 Å². The summed E-state index contributed by atoms with van der Waals surface area (Å²) >= 11 is 0. The lowest BCUT2D eigenvalue weighted by Crippen LogP contribution is -2.39. The number of aromatic nitrogens is 1. The number of pyridine rings is 1. The second kappa shape index (κ2) is 7.46. The number of nitrogens with zero attached hydrogens (tertiary/aromatic N) is 2. The van der Waals surface area contributed by atoms with E-state index in [1.807, 2.05) is 6.07 Å². The molecule has 2 aromatic rings. The van der Waals surface area contributed by atoms with Crippen LogP contribution in [0.2, 0.25) is 0 Å². The van der Waals surface area contributed by atoms with E-state index in [1.54, 1.807) is 18.5 Å². The van der Waals surface area contributed by atoms with Crippen LogP contribution in [-0.2, 0) is 15.6 Å². The van der Waals surface area contributed by atoms with Crippen LogP contribution in [0, 0.1) is 0 Å². The number of piperidine rings is 1. The molecule has 0 amide bonds. The van der Waals surface area contributed by atoms with Gasteiger partial charge in [-0.15, -0.1) is 0 Å². The van der Waals surface area contributed by atoms with Crippen LogP contribution in [0.3, 0.4) is 0 Å². The molecule has 1 aromatic carbocycles. The molecule has 2 heterocycles. The molecular formula is C19H21F3N2O3S. The molecule has 0 saturated carbocycles. The average molecular weight is 414 g/mol. The molecule has 1 aliphatic heterocycles. The van der Waals surface area contributed by atoms with Crippen molar-refractivity contribution < 1.29 is 26.7 Å². The highest BCUT2D eigenvalue weighted by molar-refractivity contribution is 7.89. The Labute approximate surface area is 161 Å². The summed E-state index contributed by atoms with van der Waals surface area (Å²) in [6.45, 7) is 0.962. The molecule has 0 spiro atoms. The summed E-state index contributed by atoms with van der Waals surface area (Å²) in [5, 5.41) is 9.76. The van der Waals surface area contributed by atoms with E-state index in [2.05, 4.69) is 4.98 Å². The van der Waals surface area contributed by atoms with Crippen LogP contribution >= 0.6 is 0 Å². The Bertz CT molecular complexity index is 914. The van der Waals surface area contributed by atoms with Gasteiger partial charge in [0.25, 0.3) is 0 Å². The molecule has 0 bridgehead atoms. The van der Waals surface area contributed by atoms with Gasteiger partial charge < -0.3 is 5.11 Å². The average Bonchev–Trinajstić information content (AvgIpc) is 2.68. The molecule has 0 aliphatic carbocycles. The molecule has 1 fully saturated rings. The summed E-state index contributed by atoms with van der Waals surface area (Å²) in [6.07, 6.45) is 0.589. The predicted octanol–water partition coefficient (Wildman–Crippen LogP) is 3.77. The molecule has 1 unspecified atom stereocenters. The van der Waals surface area contributed by atoms with Gasteiger partial charge in [-0.1, -0.05) is 24.6 Å². The van der Waals surface area contributed by atoms with Gasteiger partial charge in [0.15, 0.2) is 5.60 Å². The highest BCUT2D eigenvalue weighted by Crippen LogP contribution is 2.39. The number of benzene rings is 1. The van der Waals surface area contributed by atoms with E-state index in [1.165, 1.54) is 4.31 Å². The lowest BCUT2D eigenvalue weighted by Gasteiger charge is -2.35. The monoisotopic (exact) mass is 414 g/mol. The molecular weight excluding hydrogens is 393 g/mol. The Hall–Kier alpha value is -1.97. The van der Waals surface area contributed by atoms with Crippen molar-refractivity contribution in [2.75, 3.05) is 6.54 Å². The van der Waals surface area contributed by atoms with Crippen LogP contribution in [-0.4, -0.2) is 35.5 Å². The molecule has 9 heteroatoms. The second-order valence-electron chi connectivity index (χ2n) is 7.01. The van der Waals surface area contributed by atoms with Gasteiger partial charge in [-0.05, 0) is 49.1 Å². The van der Waals surface area contributed by atoms with Gasteiger partial charge >= 0.3 is 6.18 Å². The van der Waals surface area contributed by atoms with Crippen molar-refractivity contribution in [1.29, 1.82) is 0 Å². The van der Waals surface area contributed by atoms with Crippen molar-refractivity contribution in [3.63, 3.8) is 0 Å². The zero-order valence-electron chi connectivity index (χ0n) is 15.2. The van der Waals surface area contributed by atoms with Gasteiger partial charge in [-0.2, -0.15) is 17.5 Å². The first-order chi connectivity index (χ1) is 13.0. The van der Waals surface area contributed by atoms with Crippen molar-refractivity contribution in [1.82, 2.24) is 9.29 Å². The maximum atomic E-state index is 13.1. The summed E-state index contributed by atoms with van der Waals surface area (Å²) in [6, 6.07) is 7.41. The first-order valence-corrected chi connectivity index (χ1v) is 10.3. The molecule has 1 saturated heterocycles. The van der Waals surface area contributed by atoms with Crippen molar-refractivity contribution in [3.8, 4) is 0 Å². The van der Waals surface area contributed by atoms with Crippen LogP contribution < -0.4 is 0 Å². The quantitative estimate of drug-likeness (QED) is 0.827. The van der Waals surface area contributed by atoms with Crippen LogP contribution in [0.5, 0.6) is 0 Å². The van der Waals surface area contributed by atoms with Gasteiger partial charge in [-0.3, -0.25) is 4.98 Å². The van der Waals surface area contributed by atoms with Gasteiger partial charge in [0.2, 0.25) is 10.0 Å². The second-order valence-corrected chi connectivity index (χ2v) is 8.90. The van der Waals surface area contributed by atoms with E-state index >= 15 is 0 Å². The first-order valence-electron chi connectivity index (χ1n) is 8.86. The zero-order valence-corrected chi connectivity index (χ0v) is 16.0. The maximum absolute atomic E-state index is 13.1. The van der Waals surface area contributed by atoms with Crippen molar-refractivity contribution >= 4 is 10.0 Å². The summed E-state index contributed by atoms with van der Waals surface area (Å²) < 4.78 is 66.7. The number of aliphatic hydroxyl groups is 1. The Morgan fingerprint density at radius 2 is 1.82 bits per heavy atom. The number of hydrogen-bond donors (Lipinski definition) is 1.